The third kappa shape index (κ3) is 2.20. The van der Waals surface area contributed by atoms with Gasteiger partial charge in [0.15, 0.2) is 0 Å². The average molecular weight is 331 g/mol. The summed E-state index contributed by atoms with van der Waals surface area (Å²) in [6.45, 7) is 1.56. The maximum atomic E-state index is 12.4. The van der Waals surface area contributed by atoms with Gasteiger partial charge in [0.05, 0.1) is 5.56 Å². The van der Waals surface area contributed by atoms with Gasteiger partial charge in [-0.2, -0.15) is 0 Å². The summed E-state index contributed by atoms with van der Waals surface area (Å²) in [4.78, 5) is 14.3. The van der Waals surface area contributed by atoms with E-state index in [0.717, 1.165) is 6.20 Å². The van der Waals surface area contributed by atoms with Gasteiger partial charge < -0.3 is 0 Å². The van der Waals surface area contributed by atoms with Gasteiger partial charge in [0.25, 0.3) is 11.7 Å². The quantitative estimate of drug-likeness (QED) is 0.615. The van der Waals surface area contributed by atoms with Crippen molar-refractivity contribution in [3.8, 4) is 0 Å². The largest absolute Gasteiger partial charge is 0.281 e. The second kappa shape index (κ2) is 4.48. The topological polar surface area (TPSA) is 30.0 Å². The van der Waals surface area contributed by atoms with Gasteiger partial charge in [0, 0.05) is 9.77 Å². The Bertz CT molecular complexity index is 384. The monoisotopic (exact) mass is 331 g/mol. The molecule has 1 heterocycles. The fourth-order valence-electron chi connectivity index (χ4n) is 0.948. The van der Waals surface area contributed by atoms with E-state index in [1.807, 2.05) is 0 Å². The Morgan fingerprint density at radius 1 is 1.64 bits per heavy atom. The van der Waals surface area contributed by atoms with Gasteiger partial charge in [0.2, 0.25) is 0 Å². The summed E-state index contributed by atoms with van der Waals surface area (Å²) in [5, 5.41) is -0.686. The van der Waals surface area contributed by atoms with E-state index < -0.39 is 11.7 Å². The van der Waals surface area contributed by atoms with Crippen molar-refractivity contribution < 1.29 is 13.6 Å². The zero-order valence-electron chi connectivity index (χ0n) is 7.02. The smallest absolute Gasteiger partial charge is 0.276 e. The minimum Gasteiger partial charge on any atom is -0.276 e. The van der Waals surface area contributed by atoms with Crippen LogP contribution in [0.2, 0.25) is 0 Å². The molecule has 0 amide bonds. The molecule has 0 bridgehead atoms. The number of hydrogen-bond donors (Lipinski definition) is 0. The first-order chi connectivity index (χ1) is 6.45. The Morgan fingerprint density at radius 2 is 2.21 bits per heavy atom. The van der Waals surface area contributed by atoms with Crippen LogP contribution >= 0.6 is 34.2 Å². The van der Waals surface area contributed by atoms with Crippen molar-refractivity contribution in [2.24, 2.45) is 0 Å². The summed E-state index contributed by atoms with van der Waals surface area (Å²) in [5.41, 5.74) is 0.293. The van der Waals surface area contributed by atoms with Crippen molar-refractivity contribution in [2.75, 3.05) is 0 Å². The van der Waals surface area contributed by atoms with Crippen molar-refractivity contribution in [2.45, 2.75) is 13.3 Å². The van der Waals surface area contributed by atoms with Gasteiger partial charge >= 0.3 is 0 Å². The molecule has 0 aliphatic rings. The van der Waals surface area contributed by atoms with E-state index in [4.69, 9.17) is 11.6 Å². The van der Waals surface area contributed by atoms with Crippen molar-refractivity contribution >= 4 is 39.4 Å². The number of pyridine rings is 1. The minimum atomic E-state index is -2.64. The molecule has 14 heavy (non-hydrogen) atoms. The summed E-state index contributed by atoms with van der Waals surface area (Å²) in [5.74, 6) is 0. The lowest BCUT2D eigenvalue weighted by Crippen LogP contribution is -2.03. The molecule has 76 valence electrons. The summed E-state index contributed by atoms with van der Waals surface area (Å²) < 4.78 is 25.0. The van der Waals surface area contributed by atoms with Crippen LogP contribution in [-0.4, -0.2) is 10.2 Å². The fraction of sp³-hybridized carbons (Fsp3) is 0.250. The highest BCUT2D eigenvalue weighted by Gasteiger charge is 2.18. The Labute approximate surface area is 97.8 Å². The molecule has 6 heteroatoms. The molecule has 2 nitrogen and oxygen atoms in total. The zero-order chi connectivity index (χ0) is 10.9. The third-order valence-corrected chi connectivity index (χ3v) is 3.27. The van der Waals surface area contributed by atoms with Crippen LogP contribution in [0.1, 0.15) is 28.0 Å². The molecule has 1 rings (SSSR count). The number of alkyl halides is 2. The number of hydrogen-bond acceptors (Lipinski definition) is 2. The lowest BCUT2D eigenvalue weighted by atomic mass is 10.1. The minimum absolute atomic E-state index is 0.167. The molecule has 1 aromatic heterocycles. The molecule has 0 spiro atoms. The molecule has 0 radical (unpaired) electrons. The Morgan fingerprint density at radius 3 is 2.64 bits per heavy atom. The Balaban J connectivity index is 3.33. The van der Waals surface area contributed by atoms with E-state index in [1.165, 1.54) is 0 Å². The summed E-state index contributed by atoms with van der Waals surface area (Å²) in [7, 11) is 0. The number of rotatable bonds is 2. The second-order valence-corrected chi connectivity index (χ2v) is 3.99. The average Bonchev–Trinajstić information content (AvgIpc) is 2.08. The lowest BCUT2D eigenvalue weighted by molar-refractivity contribution is 0.107. The Hall–Kier alpha value is -0.300. The number of halogens is 4. The molecule has 0 saturated heterocycles. The van der Waals surface area contributed by atoms with Crippen molar-refractivity contribution in [1.82, 2.24) is 4.98 Å². The lowest BCUT2D eigenvalue weighted by Gasteiger charge is -2.07. The first-order valence-corrected chi connectivity index (χ1v) is 5.03. The molecule has 0 aromatic carbocycles. The molecule has 0 fully saturated rings. The van der Waals surface area contributed by atoms with Crippen LogP contribution in [0.25, 0.3) is 0 Å². The molecule has 0 atom stereocenters. The zero-order valence-corrected chi connectivity index (χ0v) is 9.94. The second-order valence-electron chi connectivity index (χ2n) is 2.57. The van der Waals surface area contributed by atoms with Crippen LogP contribution in [0.4, 0.5) is 8.78 Å². The number of aromatic nitrogens is 1. The van der Waals surface area contributed by atoms with Crippen LogP contribution in [0.5, 0.6) is 0 Å². The Kier molecular flexibility index (Phi) is 3.77. The van der Waals surface area contributed by atoms with E-state index in [2.05, 4.69) is 4.98 Å². The molecule has 1 aromatic rings. The van der Waals surface area contributed by atoms with Crippen molar-refractivity contribution in [3.05, 3.63) is 26.6 Å². The van der Waals surface area contributed by atoms with E-state index in [1.54, 1.807) is 29.5 Å². The maximum Gasteiger partial charge on any atom is 0.281 e. The van der Waals surface area contributed by atoms with Crippen LogP contribution in [0.15, 0.2) is 6.20 Å². The van der Waals surface area contributed by atoms with Crippen molar-refractivity contribution in [3.63, 3.8) is 0 Å². The van der Waals surface area contributed by atoms with E-state index >= 15 is 0 Å². The summed E-state index contributed by atoms with van der Waals surface area (Å²) in [6, 6.07) is 0. The predicted molar refractivity (Wildman–Crippen MR) is 56.8 cm³/mol. The maximum absolute atomic E-state index is 12.4. The van der Waals surface area contributed by atoms with Gasteiger partial charge in [-0.3, -0.25) is 9.78 Å². The van der Waals surface area contributed by atoms with Crippen LogP contribution in [0.3, 0.4) is 0 Å². The predicted octanol–water partition coefficient (Wildman–Crippen LogP) is 3.31. The first kappa shape index (κ1) is 11.8. The van der Waals surface area contributed by atoms with Crippen molar-refractivity contribution in [1.29, 1.82) is 0 Å². The number of carbonyl (C=O) groups is 1. The van der Waals surface area contributed by atoms with E-state index in [-0.39, 0.29) is 14.8 Å². The SMILES string of the molecule is Cc1c(C(=O)Cl)cnc(C(F)F)c1I. The van der Waals surface area contributed by atoms with Gasteiger partial charge in [-0.05, 0) is 46.7 Å². The molecule has 0 aliphatic heterocycles. The number of nitrogens with zero attached hydrogens (tertiary/aromatic N) is 1. The van der Waals surface area contributed by atoms with Crippen LogP contribution in [0, 0.1) is 10.5 Å². The molecule has 0 unspecified atom stereocenters. The molecule has 0 aliphatic carbocycles. The van der Waals surface area contributed by atoms with Gasteiger partial charge in [-0.25, -0.2) is 8.78 Å². The fourth-order valence-corrected chi connectivity index (χ4v) is 1.80. The highest BCUT2D eigenvalue weighted by Crippen LogP contribution is 2.26. The third-order valence-electron chi connectivity index (χ3n) is 1.71. The number of carbonyl (C=O) groups excluding carboxylic acids is 1. The molecular formula is C8H5ClF2INO. The summed E-state index contributed by atoms with van der Waals surface area (Å²) in [6.07, 6.45) is -1.56. The normalized spacial score (nSPS) is 10.7. The highest BCUT2D eigenvalue weighted by atomic mass is 127. The summed E-state index contributed by atoms with van der Waals surface area (Å²) >= 11 is 6.97. The van der Waals surface area contributed by atoms with E-state index in [0.29, 0.717) is 5.56 Å². The molecular weight excluding hydrogens is 326 g/mol. The highest BCUT2D eigenvalue weighted by molar-refractivity contribution is 14.1. The standard InChI is InChI=1S/C8H5ClF2INO/c1-3-4(7(9)14)2-13-6(5(3)12)8(10)11/h2,8H,1H3. The molecule has 0 saturated carbocycles. The van der Waals surface area contributed by atoms with Crippen LogP contribution < -0.4 is 0 Å². The first-order valence-electron chi connectivity index (χ1n) is 3.58. The van der Waals surface area contributed by atoms with Gasteiger partial charge in [-0.1, -0.05) is 0 Å². The van der Waals surface area contributed by atoms with E-state index in [9.17, 15) is 13.6 Å². The molecule has 0 N–H and O–H groups in total. The van der Waals surface area contributed by atoms with Gasteiger partial charge in [-0.15, -0.1) is 0 Å². The van der Waals surface area contributed by atoms with Gasteiger partial charge in [0.1, 0.15) is 5.69 Å². The van der Waals surface area contributed by atoms with Crippen LogP contribution in [-0.2, 0) is 0 Å².